The molecule has 3 aromatic rings. The van der Waals surface area contributed by atoms with Gasteiger partial charge in [-0.05, 0) is 24.0 Å². The first kappa shape index (κ1) is 13.7. The fraction of sp³-hybridized carbons (Fsp3) is 0.353. The van der Waals surface area contributed by atoms with Crippen molar-refractivity contribution in [1.29, 1.82) is 0 Å². The van der Waals surface area contributed by atoms with Crippen LogP contribution in [0.25, 0.3) is 22.4 Å². The number of nitrogens with one attached hydrogen (secondary N) is 2. The summed E-state index contributed by atoms with van der Waals surface area (Å²) in [5.74, 6) is 2.02. The lowest BCUT2D eigenvalue weighted by atomic mass is 10.0. The van der Waals surface area contributed by atoms with Crippen molar-refractivity contribution in [2.45, 2.75) is 0 Å². The van der Waals surface area contributed by atoms with E-state index in [0.717, 1.165) is 49.1 Å². The predicted molar refractivity (Wildman–Crippen MR) is 90.8 cm³/mol. The number of H-pyrrole nitrogens is 1. The molecule has 0 spiro atoms. The quantitative estimate of drug-likeness (QED) is 0.660. The lowest BCUT2D eigenvalue weighted by molar-refractivity contribution is 0.459. The molecule has 5 heterocycles. The largest absolute Gasteiger partial charge is 0.494 e. The van der Waals surface area contributed by atoms with Gasteiger partial charge in [-0.15, -0.1) is 0 Å². The molecule has 7 nitrogen and oxygen atoms in total. The maximum atomic E-state index is 10.2. The van der Waals surface area contributed by atoms with E-state index in [1.807, 2.05) is 24.5 Å². The third kappa shape index (κ3) is 2.05. The Morgan fingerprint density at radius 3 is 2.58 bits per heavy atom. The minimum Gasteiger partial charge on any atom is -0.494 e. The Balaban J connectivity index is 1.47. The van der Waals surface area contributed by atoms with Crippen LogP contribution in [0, 0.1) is 11.8 Å². The van der Waals surface area contributed by atoms with Crippen molar-refractivity contribution in [1.82, 2.24) is 25.3 Å². The van der Waals surface area contributed by atoms with Gasteiger partial charge in [0.05, 0.1) is 23.6 Å². The highest BCUT2D eigenvalue weighted by molar-refractivity contribution is 5.95. The third-order valence-electron chi connectivity index (χ3n) is 5.17. The molecule has 5 rings (SSSR count). The zero-order valence-corrected chi connectivity index (χ0v) is 13.1. The SMILES string of the molecule is Oc1[nH]c2ncccc2c1-c1ncc(N2CC3CNCC3C2)cn1. The topological polar surface area (TPSA) is 90.0 Å². The zero-order valence-electron chi connectivity index (χ0n) is 13.1. The first-order valence-corrected chi connectivity index (χ1v) is 8.23. The van der Waals surface area contributed by atoms with Crippen LogP contribution < -0.4 is 10.2 Å². The summed E-state index contributed by atoms with van der Waals surface area (Å²) < 4.78 is 0. The fourth-order valence-electron chi connectivity index (χ4n) is 3.92. The second-order valence-electron chi connectivity index (χ2n) is 6.60. The molecule has 0 aliphatic carbocycles. The van der Waals surface area contributed by atoms with Gasteiger partial charge in [0.1, 0.15) is 5.65 Å². The minimum absolute atomic E-state index is 0.0539. The van der Waals surface area contributed by atoms with Gasteiger partial charge in [-0.1, -0.05) is 0 Å². The first-order valence-electron chi connectivity index (χ1n) is 8.23. The van der Waals surface area contributed by atoms with Crippen molar-refractivity contribution in [3.63, 3.8) is 0 Å². The Kier molecular flexibility index (Phi) is 2.96. The molecule has 2 unspecified atom stereocenters. The van der Waals surface area contributed by atoms with Crippen molar-refractivity contribution in [3.8, 4) is 17.3 Å². The molecule has 2 aliphatic rings. The summed E-state index contributed by atoms with van der Waals surface area (Å²) in [7, 11) is 0. The molecule has 0 aromatic carbocycles. The molecule has 0 amide bonds. The summed E-state index contributed by atoms with van der Waals surface area (Å²) in [6.45, 7) is 4.33. The summed E-state index contributed by atoms with van der Waals surface area (Å²) in [6.07, 6.45) is 5.39. The predicted octanol–water partition coefficient (Wildman–Crippen LogP) is 1.38. The average Bonchev–Trinajstić information content (AvgIpc) is 3.26. The molecule has 122 valence electrons. The third-order valence-corrected chi connectivity index (χ3v) is 5.17. The molecule has 3 N–H and O–H groups in total. The molecular weight excluding hydrogens is 304 g/mol. The van der Waals surface area contributed by atoms with Crippen molar-refractivity contribution >= 4 is 16.7 Å². The molecule has 2 saturated heterocycles. The van der Waals surface area contributed by atoms with Crippen LogP contribution in [0.5, 0.6) is 5.88 Å². The molecule has 0 bridgehead atoms. The van der Waals surface area contributed by atoms with E-state index >= 15 is 0 Å². The van der Waals surface area contributed by atoms with Crippen molar-refractivity contribution in [2.24, 2.45) is 11.8 Å². The van der Waals surface area contributed by atoms with E-state index in [-0.39, 0.29) is 5.88 Å². The van der Waals surface area contributed by atoms with E-state index in [9.17, 15) is 5.11 Å². The number of aromatic amines is 1. The second kappa shape index (κ2) is 5.17. The summed E-state index contributed by atoms with van der Waals surface area (Å²) in [6, 6.07) is 3.74. The van der Waals surface area contributed by atoms with E-state index in [1.54, 1.807) is 6.20 Å². The highest BCUT2D eigenvalue weighted by Crippen LogP contribution is 2.34. The Hall–Kier alpha value is -2.67. The normalized spacial score (nSPS) is 23.1. The zero-order chi connectivity index (χ0) is 16.1. The summed E-state index contributed by atoms with van der Waals surface area (Å²) in [4.78, 5) is 18.4. The maximum Gasteiger partial charge on any atom is 0.201 e. The summed E-state index contributed by atoms with van der Waals surface area (Å²) in [5.41, 5.74) is 2.29. The van der Waals surface area contributed by atoms with E-state index in [2.05, 4.69) is 30.2 Å². The van der Waals surface area contributed by atoms with Gasteiger partial charge in [-0.2, -0.15) is 0 Å². The number of hydrogen-bond donors (Lipinski definition) is 3. The van der Waals surface area contributed by atoms with E-state index in [1.165, 1.54) is 0 Å². The molecule has 2 atom stereocenters. The Labute approximate surface area is 138 Å². The highest BCUT2D eigenvalue weighted by Gasteiger charge is 2.36. The van der Waals surface area contributed by atoms with E-state index in [4.69, 9.17) is 0 Å². The van der Waals surface area contributed by atoms with Gasteiger partial charge in [0.25, 0.3) is 0 Å². The number of hydrogen-bond acceptors (Lipinski definition) is 6. The molecule has 24 heavy (non-hydrogen) atoms. The van der Waals surface area contributed by atoms with Crippen molar-refractivity contribution in [2.75, 3.05) is 31.1 Å². The molecule has 0 radical (unpaired) electrons. The monoisotopic (exact) mass is 322 g/mol. The molecule has 0 saturated carbocycles. The van der Waals surface area contributed by atoms with Gasteiger partial charge in [0.15, 0.2) is 5.82 Å². The van der Waals surface area contributed by atoms with Gasteiger partial charge in [-0.3, -0.25) is 0 Å². The number of aromatic nitrogens is 4. The number of pyridine rings is 1. The number of nitrogens with zero attached hydrogens (tertiary/aromatic N) is 4. The Bertz CT molecular complexity index is 878. The minimum atomic E-state index is 0.0539. The number of fused-ring (bicyclic) bond motifs is 2. The van der Waals surface area contributed by atoms with Crippen LogP contribution in [0.3, 0.4) is 0 Å². The standard InChI is InChI=1S/C17H18N6O/c24-17-14(13-2-1-3-19-15(13)22-17)16-20-6-12(7-21-16)23-8-10-4-18-5-11(10)9-23/h1-3,6-7,10-11,18,24H,4-5,8-9H2,(H,19,22). The average molecular weight is 322 g/mol. The van der Waals surface area contributed by atoms with E-state index in [0.29, 0.717) is 17.0 Å². The lowest BCUT2D eigenvalue weighted by Crippen LogP contribution is -2.25. The first-order chi connectivity index (χ1) is 11.8. The van der Waals surface area contributed by atoms with Crippen molar-refractivity contribution in [3.05, 3.63) is 30.7 Å². The smallest absolute Gasteiger partial charge is 0.201 e. The van der Waals surface area contributed by atoms with Crippen molar-refractivity contribution < 1.29 is 5.11 Å². The van der Waals surface area contributed by atoms with Crippen LogP contribution in [0.1, 0.15) is 0 Å². The molecule has 3 aromatic heterocycles. The van der Waals surface area contributed by atoms with Crippen LogP contribution in [0.4, 0.5) is 5.69 Å². The number of rotatable bonds is 2. The van der Waals surface area contributed by atoms with Crippen LogP contribution in [-0.4, -0.2) is 51.2 Å². The lowest BCUT2D eigenvalue weighted by Gasteiger charge is -2.18. The van der Waals surface area contributed by atoms with Gasteiger partial charge < -0.3 is 20.3 Å². The van der Waals surface area contributed by atoms with Crippen LogP contribution in [-0.2, 0) is 0 Å². The maximum absolute atomic E-state index is 10.2. The number of aromatic hydroxyl groups is 1. The molecule has 2 fully saturated rings. The molecule has 7 heteroatoms. The van der Waals surface area contributed by atoms with Gasteiger partial charge in [0.2, 0.25) is 5.88 Å². The fourth-order valence-corrected chi connectivity index (χ4v) is 3.92. The number of anilines is 1. The molecular formula is C17H18N6O. The van der Waals surface area contributed by atoms with Gasteiger partial charge in [-0.25, -0.2) is 15.0 Å². The van der Waals surface area contributed by atoms with E-state index < -0.39 is 0 Å². The Morgan fingerprint density at radius 2 is 1.83 bits per heavy atom. The van der Waals surface area contributed by atoms with Crippen LogP contribution in [0.2, 0.25) is 0 Å². The van der Waals surface area contributed by atoms with Crippen LogP contribution >= 0.6 is 0 Å². The highest BCUT2D eigenvalue weighted by atomic mass is 16.3. The van der Waals surface area contributed by atoms with Gasteiger partial charge >= 0.3 is 0 Å². The summed E-state index contributed by atoms with van der Waals surface area (Å²) in [5, 5.41) is 14.5. The molecule has 2 aliphatic heterocycles. The van der Waals surface area contributed by atoms with Gasteiger partial charge in [0, 0.05) is 37.8 Å². The van der Waals surface area contributed by atoms with Crippen LogP contribution in [0.15, 0.2) is 30.7 Å². The Morgan fingerprint density at radius 1 is 1.08 bits per heavy atom. The second-order valence-corrected chi connectivity index (χ2v) is 6.60. The summed E-state index contributed by atoms with van der Waals surface area (Å²) >= 11 is 0.